The zero-order valence-corrected chi connectivity index (χ0v) is 26.2. The van der Waals surface area contributed by atoms with Gasteiger partial charge in [0.2, 0.25) is 0 Å². The number of hydrogen-bond donors (Lipinski definition) is 3. The van der Waals surface area contributed by atoms with E-state index in [4.69, 9.17) is 4.74 Å². The fourth-order valence-electron chi connectivity index (χ4n) is 5.58. The topological polar surface area (TPSA) is 101 Å². The van der Waals surface area contributed by atoms with E-state index in [1.54, 1.807) is 12.1 Å². The van der Waals surface area contributed by atoms with E-state index in [1.807, 2.05) is 86.0 Å². The van der Waals surface area contributed by atoms with E-state index in [1.165, 1.54) is 12.1 Å². The highest BCUT2D eigenvalue weighted by atomic mass is 19.1. The van der Waals surface area contributed by atoms with Crippen LogP contribution in [0.1, 0.15) is 74.8 Å². The molecule has 1 amide bonds. The number of ether oxygens (including phenoxy) is 1. The van der Waals surface area contributed by atoms with E-state index in [9.17, 15) is 24.2 Å². The molecule has 4 rings (SSSR count). The number of hydrogen-bond acceptors (Lipinski definition) is 5. The van der Waals surface area contributed by atoms with Crippen LogP contribution in [-0.2, 0) is 16.1 Å². The molecule has 0 aliphatic carbocycles. The molecular formula is C37H43FN2O5. The van der Waals surface area contributed by atoms with Gasteiger partial charge in [-0.15, -0.1) is 0 Å². The fraction of sp³-hybridized carbons (Fsp3) is 0.351. The first-order chi connectivity index (χ1) is 21.7. The van der Waals surface area contributed by atoms with Crippen LogP contribution in [0.5, 0.6) is 0 Å². The Morgan fingerprint density at radius 2 is 1.53 bits per heavy atom. The Bertz CT molecular complexity index is 1530. The molecule has 8 heteroatoms. The summed E-state index contributed by atoms with van der Waals surface area (Å²) in [5, 5.41) is 24.5. The van der Waals surface area contributed by atoms with Crippen LogP contribution in [0.2, 0.25) is 0 Å². The third-order valence-corrected chi connectivity index (χ3v) is 7.68. The van der Waals surface area contributed by atoms with E-state index in [0.717, 1.165) is 35.4 Å². The number of nitrogens with one attached hydrogen (secondary N) is 1. The van der Waals surface area contributed by atoms with Crippen LogP contribution in [-0.4, -0.2) is 45.5 Å². The van der Waals surface area contributed by atoms with E-state index < -0.39 is 18.2 Å². The van der Waals surface area contributed by atoms with Gasteiger partial charge in [0.05, 0.1) is 36.5 Å². The molecule has 1 heterocycles. The monoisotopic (exact) mass is 614 g/mol. The second-order valence-corrected chi connectivity index (χ2v) is 11.6. The number of carbonyl (C=O) groups is 2. The highest BCUT2D eigenvalue weighted by molar-refractivity contribution is 6.12. The number of aliphatic hydroxyl groups excluding tert-OH is 2. The van der Waals surface area contributed by atoms with Gasteiger partial charge in [0.15, 0.2) is 0 Å². The number of benzene rings is 3. The molecule has 2 atom stereocenters. The summed E-state index contributed by atoms with van der Waals surface area (Å²) in [4.78, 5) is 26.2. The molecule has 0 bridgehead atoms. The summed E-state index contributed by atoms with van der Waals surface area (Å²) in [6.07, 6.45) is -0.260. The number of rotatable bonds is 15. The predicted octanol–water partition coefficient (Wildman–Crippen LogP) is 7.57. The van der Waals surface area contributed by atoms with Gasteiger partial charge >= 0.3 is 5.97 Å². The summed E-state index contributed by atoms with van der Waals surface area (Å²) in [5.41, 5.74) is 4.93. The summed E-state index contributed by atoms with van der Waals surface area (Å²) in [5.74, 6) is -1.24. The molecule has 3 aromatic carbocycles. The van der Waals surface area contributed by atoms with Gasteiger partial charge in [0.25, 0.3) is 5.91 Å². The predicted molar refractivity (Wildman–Crippen MR) is 175 cm³/mol. The number of esters is 1. The lowest BCUT2D eigenvalue weighted by Gasteiger charge is -2.20. The lowest BCUT2D eigenvalue weighted by atomic mass is 9.94. The first-order valence-electron chi connectivity index (χ1n) is 15.6. The van der Waals surface area contributed by atoms with Crippen LogP contribution >= 0.6 is 0 Å². The van der Waals surface area contributed by atoms with Gasteiger partial charge in [-0.2, -0.15) is 0 Å². The summed E-state index contributed by atoms with van der Waals surface area (Å²) < 4.78 is 21.3. The molecule has 7 nitrogen and oxygen atoms in total. The standard InChI is InChI=1S/C37H43FN2O5/c1-4-5-22-45-32(43)24-31(42)23-30(41)20-21-40-35(25(2)3)34(37(44)39-29-14-10-7-11-15-29)33(26-12-8-6-9-13-26)36(40)27-16-18-28(38)19-17-27/h6-19,25,30-31,41-42H,4-5,20-24H2,1-3H3,(H,39,44)/t30-,31-/m1/s1. The Hall–Kier alpha value is -4.27. The van der Waals surface area contributed by atoms with Crippen molar-refractivity contribution in [1.82, 2.24) is 4.57 Å². The van der Waals surface area contributed by atoms with Crippen molar-refractivity contribution in [2.45, 2.75) is 77.5 Å². The Morgan fingerprint density at radius 1 is 0.889 bits per heavy atom. The zero-order valence-electron chi connectivity index (χ0n) is 26.2. The second kappa shape index (κ2) is 16.2. The molecule has 3 N–H and O–H groups in total. The van der Waals surface area contributed by atoms with E-state index in [0.29, 0.717) is 30.0 Å². The number of carbonyl (C=O) groups excluding carboxylic acids is 2. The van der Waals surface area contributed by atoms with E-state index >= 15 is 0 Å². The number of unbranched alkanes of at least 4 members (excludes halogenated alkanes) is 1. The lowest BCUT2D eigenvalue weighted by molar-refractivity contribution is -0.146. The lowest BCUT2D eigenvalue weighted by Crippen LogP contribution is -2.23. The van der Waals surface area contributed by atoms with Crippen LogP contribution < -0.4 is 5.32 Å². The molecule has 0 fully saturated rings. The van der Waals surface area contributed by atoms with Gasteiger partial charge in [-0.05, 0) is 72.7 Å². The fourth-order valence-corrected chi connectivity index (χ4v) is 5.58. The van der Waals surface area contributed by atoms with Gasteiger partial charge in [-0.25, -0.2) is 4.39 Å². The number of halogens is 1. The second-order valence-electron chi connectivity index (χ2n) is 11.6. The highest BCUT2D eigenvalue weighted by Crippen LogP contribution is 2.42. The first kappa shape index (κ1) is 33.6. The highest BCUT2D eigenvalue weighted by Gasteiger charge is 2.31. The van der Waals surface area contributed by atoms with Gasteiger partial charge < -0.3 is 24.8 Å². The van der Waals surface area contributed by atoms with Gasteiger partial charge in [0, 0.05) is 23.5 Å². The maximum Gasteiger partial charge on any atom is 0.308 e. The molecular weight excluding hydrogens is 571 g/mol. The third kappa shape index (κ3) is 8.90. The minimum atomic E-state index is -1.05. The van der Waals surface area contributed by atoms with Crippen molar-refractivity contribution in [2.24, 2.45) is 0 Å². The smallest absolute Gasteiger partial charge is 0.308 e. The number of amides is 1. The summed E-state index contributed by atoms with van der Waals surface area (Å²) in [7, 11) is 0. The largest absolute Gasteiger partial charge is 0.466 e. The van der Waals surface area contributed by atoms with E-state index in [2.05, 4.69) is 5.32 Å². The molecule has 4 aromatic rings. The molecule has 0 aliphatic rings. The SMILES string of the molecule is CCCCOC(=O)C[C@H](O)C[C@H](O)CCn1c(-c2ccc(F)cc2)c(-c2ccccc2)c(C(=O)Nc2ccccc2)c1C(C)C. The zero-order chi connectivity index (χ0) is 32.3. The number of aromatic nitrogens is 1. The van der Waals surface area contributed by atoms with Gasteiger partial charge in [-0.1, -0.05) is 75.7 Å². The molecule has 0 spiro atoms. The quantitative estimate of drug-likeness (QED) is 0.0947. The van der Waals surface area contributed by atoms with Crippen molar-refractivity contribution < 1.29 is 28.9 Å². The maximum absolute atomic E-state index is 14.2. The van der Waals surface area contributed by atoms with Crippen LogP contribution in [0.25, 0.3) is 22.4 Å². The van der Waals surface area contributed by atoms with E-state index in [-0.39, 0.29) is 36.9 Å². The Balaban J connectivity index is 1.75. The average Bonchev–Trinajstić information content (AvgIpc) is 3.37. The Labute approximate surface area is 264 Å². The van der Waals surface area contributed by atoms with Crippen molar-refractivity contribution in [3.8, 4) is 22.4 Å². The molecule has 0 aliphatic heterocycles. The first-order valence-corrected chi connectivity index (χ1v) is 15.6. The van der Waals surface area contributed by atoms with Crippen molar-refractivity contribution in [3.63, 3.8) is 0 Å². The molecule has 0 radical (unpaired) electrons. The Kier molecular flexibility index (Phi) is 12.1. The van der Waals surface area contributed by atoms with Crippen LogP contribution in [0.4, 0.5) is 10.1 Å². The summed E-state index contributed by atoms with van der Waals surface area (Å²) in [6.45, 7) is 6.65. The van der Waals surface area contributed by atoms with Crippen LogP contribution in [0, 0.1) is 5.82 Å². The van der Waals surface area contributed by atoms with Crippen molar-refractivity contribution in [2.75, 3.05) is 11.9 Å². The number of anilines is 1. The van der Waals surface area contributed by atoms with Gasteiger partial charge in [0.1, 0.15) is 5.82 Å². The number of aliphatic hydroxyl groups is 2. The molecule has 0 saturated heterocycles. The molecule has 45 heavy (non-hydrogen) atoms. The minimum absolute atomic E-state index is 0.0000668. The van der Waals surface area contributed by atoms with Crippen molar-refractivity contribution in [3.05, 3.63) is 102 Å². The molecule has 1 aromatic heterocycles. The molecule has 0 unspecified atom stereocenters. The van der Waals surface area contributed by atoms with Crippen LogP contribution in [0.3, 0.4) is 0 Å². The number of para-hydroxylation sites is 1. The summed E-state index contributed by atoms with van der Waals surface area (Å²) in [6, 6.07) is 25.0. The number of nitrogens with zero attached hydrogens (tertiary/aromatic N) is 1. The van der Waals surface area contributed by atoms with Crippen molar-refractivity contribution in [1.29, 1.82) is 0 Å². The maximum atomic E-state index is 14.2. The van der Waals surface area contributed by atoms with Crippen LogP contribution in [0.15, 0.2) is 84.9 Å². The normalized spacial score (nSPS) is 12.6. The molecule has 0 saturated carbocycles. The molecule has 238 valence electrons. The van der Waals surface area contributed by atoms with Gasteiger partial charge in [-0.3, -0.25) is 9.59 Å². The van der Waals surface area contributed by atoms with Crippen molar-refractivity contribution >= 4 is 17.6 Å². The third-order valence-electron chi connectivity index (χ3n) is 7.68. The summed E-state index contributed by atoms with van der Waals surface area (Å²) >= 11 is 0. The minimum Gasteiger partial charge on any atom is -0.466 e. The average molecular weight is 615 g/mol. The Morgan fingerprint density at radius 3 is 2.16 bits per heavy atom.